The van der Waals surface area contributed by atoms with E-state index in [-0.39, 0.29) is 30.8 Å². The first kappa shape index (κ1) is 18.5. The highest BCUT2D eigenvalue weighted by atomic mass is 16.5. The Kier molecular flexibility index (Phi) is 5.41. The summed E-state index contributed by atoms with van der Waals surface area (Å²) in [6.07, 6.45) is -0.381. The van der Waals surface area contributed by atoms with Gasteiger partial charge in [0.2, 0.25) is 5.91 Å². The lowest BCUT2D eigenvalue weighted by atomic mass is 10.1. The van der Waals surface area contributed by atoms with Crippen LogP contribution in [-0.4, -0.2) is 24.5 Å². The monoisotopic (exact) mass is 363 g/mol. The van der Waals surface area contributed by atoms with E-state index < -0.39 is 6.10 Å². The molecule has 1 aliphatic heterocycles. The normalized spacial score (nSPS) is 16.7. The zero-order chi connectivity index (χ0) is 19.4. The van der Waals surface area contributed by atoms with Gasteiger partial charge in [-0.15, -0.1) is 0 Å². The second-order valence-corrected chi connectivity index (χ2v) is 6.49. The molecule has 0 radical (unpaired) electrons. The number of ether oxygens (including phenoxy) is 1. The van der Waals surface area contributed by atoms with E-state index >= 15 is 0 Å². The number of amides is 2. The predicted octanol–water partition coefficient (Wildman–Crippen LogP) is 2.94. The summed E-state index contributed by atoms with van der Waals surface area (Å²) in [6, 6.07) is 16.3. The van der Waals surface area contributed by atoms with Crippen molar-refractivity contribution >= 4 is 17.5 Å². The minimum absolute atomic E-state index is 0.142. The maximum atomic E-state index is 12.4. The average molecular weight is 363 g/mol. The second kappa shape index (κ2) is 7.92. The number of carbonyl (C=O) groups is 2. The number of hydrogen-bond donors (Lipinski definition) is 1. The minimum Gasteiger partial charge on any atom is -0.479 e. The van der Waals surface area contributed by atoms with E-state index in [4.69, 9.17) is 10.00 Å². The highest BCUT2D eigenvalue weighted by Crippen LogP contribution is 2.33. The van der Waals surface area contributed by atoms with Crippen molar-refractivity contribution in [2.75, 3.05) is 11.4 Å². The average Bonchev–Trinajstić information content (AvgIpc) is 2.68. The molecule has 3 rings (SSSR count). The minimum atomic E-state index is -0.569. The van der Waals surface area contributed by atoms with Crippen molar-refractivity contribution in [2.24, 2.45) is 0 Å². The molecule has 27 heavy (non-hydrogen) atoms. The first-order valence-electron chi connectivity index (χ1n) is 8.86. The topological polar surface area (TPSA) is 82.4 Å². The third-order valence-corrected chi connectivity index (χ3v) is 4.55. The van der Waals surface area contributed by atoms with Crippen molar-refractivity contribution in [3.05, 3.63) is 59.7 Å². The third kappa shape index (κ3) is 4.09. The van der Waals surface area contributed by atoms with Crippen molar-refractivity contribution in [3.63, 3.8) is 0 Å². The molecule has 2 atom stereocenters. The van der Waals surface area contributed by atoms with Gasteiger partial charge in [0.25, 0.3) is 5.91 Å². The molecule has 0 saturated carbocycles. The summed E-state index contributed by atoms with van der Waals surface area (Å²) < 4.78 is 5.61. The molecule has 0 saturated heterocycles. The second-order valence-electron chi connectivity index (χ2n) is 6.49. The van der Waals surface area contributed by atoms with Gasteiger partial charge in [-0.05, 0) is 43.7 Å². The molecule has 1 aliphatic rings. The first-order chi connectivity index (χ1) is 13.0. The number of fused-ring (bicyclic) bond motifs is 1. The number of rotatable bonds is 5. The fraction of sp³-hybridized carbons (Fsp3) is 0.286. The maximum Gasteiger partial charge on any atom is 0.267 e. The smallest absolute Gasteiger partial charge is 0.267 e. The summed E-state index contributed by atoms with van der Waals surface area (Å²) in [5.74, 6) is 0.355. The van der Waals surface area contributed by atoms with Gasteiger partial charge < -0.3 is 15.0 Å². The Balaban J connectivity index is 1.61. The third-order valence-electron chi connectivity index (χ3n) is 4.55. The van der Waals surface area contributed by atoms with Crippen molar-refractivity contribution < 1.29 is 14.3 Å². The summed E-state index contributed by atoms with van der Waals surface area (Å²) in [4.78, 5) is 26.4. The fourth-order valence-electron chi connectivity index (χ4n) is 3.05. The van der Waals surface area contributed by atoms with Crippen LogP contribution in [0.3, 0.4) is 0 Å². The number of nitrogens with one attached hydrogen (secondary N) is 1. The van der Waals surface area contributed by atoms with Gasteiger partial charge in [0.15, 0.2) is 6.10 Å². The molecular formula is C21H21N3O3. The lowest BCUT2D eigenvalue weighted by molar-refractivity contribution is -0.125. The summed E-state index contributed by atoms with van der Waals surface area (Å²) >= 11 is 0. The van der Waals surface area contributed by atoms with Gasteiger partial charge in [-0.3, -0.25) is 9.59 Å². The molecule has 6 nitrogen and oxygen atoms in total. The molecule has 0 fully saturated rings. The molecule has 0 bridgehead atoms. The Bertz CT molecular complexity index is 886. The number of benzene rings is 2. The van der Waals surface area contributed by atoms with Crippen LogP contribution in [0.5, 0.6) is 5.75 Å². The van der Waals surface area contributed by atoms with Gasteiger partial charge in [0.05, 0.1) is 23.4 Å². The number of para-hydroxylation sites is 2. The number of carbonyl (C=O) groups excluding carboxylic acids is 2. The van der Waals surface area contributed by atoms with E-state index in [1.807, 2.05) is 43.3 Å². The molecule has 1 heterocycles. The Labute approximate surface area is 158 Å². The Morgan fingerprint density at radius 2 is 1.96 bits per heavy atom. The molecule has 2 unspecified atom stereocenters. The molecule has 0 aliphatic carbocycles. The molecule has 138 valence electrons. The summed E-state index contributed by atoms with van der Waals surface area (Å²) in [5, 5.41) is 11.8. The predicted molar refractivity (Wildman–Crippen MR) is 101 cm³/mol. The molecule has 0 aromatic heterocycles. The summed E-state index contributed by atoms with van der Waals surface area (Å²) in [5.41, 5.74) is 2.19. The van der Waals surface area contributed by atoms with E-state index in [0.717, 1.165) is 5.56 Å². The zero-order valence-electron chi connectivity index (χ0n) is 15.3. The van der Waals surface area contributed by atoms with Gasteiger partial charge in [-0.1, -0.05) is 24.3 Å². The molecule has 2 aromatic carbocycles. The maximum absolute atomic E-state index is 12.4. The van der Waals surface area contributed by atoms with E-state index in [1.54, 1.807) is 24.0 Å². The summed E-state index contributed by atoms with van der Waals surface area (Å²) in [6.45, 7) is 3.88. The summed E-state index contributed by atoms with van der Waals surface area (Å²) in [7, 11) is 0. The van der Waals surface area contributed by atoms with Crippen LogP contribution in [0.2, 0.25) is 0 Å². The molecule has 2 amide bonds. The Morgan fingerprint density at radius 1 is 1.26 bits per heavy atom. The van der Waals surface area contributed by atoms with Gasteiger partial charge in [-0.25, -0.2) is 0 Å². The van der Waals surface area contributed by atoms with E-state index in [0.29, 0.717) is 17.0 Å². The fourth-order valence-corrected chi connectivity index (χ4v) is 3.05. The van der Waals surface area contributed by atoms with Gasteiger partial charge in [0, 0.05) is 13.0 Å². The van der Waals surface area contributed by atoms with Crippen LogP contribution in [0, 0.1) is 11.3 Å². The van der Waals surface area contributed by atoms with Crippen LogP contribution in [-0.2, 0) is 9.59 Å². The van der Waals surface area contributed by atoms with Gasteiger partial charge in [-0.2, -0.15) is 5.26 Å². The quantitative estimate of drug-likeness (QED) is 0.885. The number of anilines is 1. The van der Waals surface area contributed by atoms with Crippen LogP contribution in [0.4, 0.5) is 5.69 Å². The number of nitriles is 1. The van der Waals surface area contributed by atoms with Crippen LogP contribution in [0.15, 0.2) is 48.5 Å². The molecule has 0 spiro atoms. The van der Waals surface area contributed by atoms with Gasteiger partial charge >= 0.3 is 0 Å². The van der Waals surface area contributed by atoms with E-state index in [9.17, 15) is 9.59 Å². The van der Waals surface area contributed by atoms with Gasteiger partial charge in [0.1, 0.15) is 5.75 Å². The number of nitrogens with zero attached hydrogens (tertiary/aromatic N) is 2. The molecule has 1 N–H and O–H groups in total. The Morgan fingerprint density at radius 3 is 2.67 bits per heavy atom. The highest BCUT2D eigenvalue weighted by Gasteiger charge is 2.31. The van der Waals surface area contributed by atoms with Crippen molar-refractivity contribution in [2.45, 2.75) is 32.4 Å². The van der Waals surface area contributed by atoms with Crippen LogP contribution < -0.4 is 15.0 Å². The lowest BCUT2D eigenvalue weighted by Crippen LogP contribution is -2.45. The molecular weight excluding hydrogens is 342 g/mol. The first-order valence-corrected chi connectivity index (χ1v) is 8.86. The van der Waals surface area contributed by atoms with Crippen LogP contribution in [0.1, 0.15) is 37.4 Å². The largest absolute Gasteiger partial charge is 0.479 e. The highest BCUT2D eigenvalue weighted by molar-refractivity contribution is 6.00. The van der Waals surface area contributed by atoms with E-state index in [2.05, 4.69) is 11.4 Å². The van der Waals surface area contributed by atoms with E-state index in [1.165, 1.54) is 0 Å². The molecule has 6 heteroatoms. The molecule has 2 aromatic rings. The SMILES string of the molecule is CC1Oc2ccccc2N(CCC(=O)NC(C)c2ccc(C#N)cc2)C1=O. The van der Waals surface area contributed by atoms with Crippen LogP contribution >= 0.6 is 0 Å². The van der Waals surface area contributed by atoms with Crippen molar-refractivity contribution in [1.82, 2.24) is 5.32 Å². The van der Waals surface area contributed by atoms with Crippen molar-refractivity contribution in [3.8, 4) is 11.8 Å². The number of hydrogen-bond acceptors (Lipinski definition) is 4. The lowest BCUT2D eigenvalue weighted by Gasteiger charge is -2.32. The standard InChI is InChI=1S/C21H21N3O3/c1-14(17-9-7-16(13-22)8-10-17)23-20(25)11-12-24-18-5-3-4-6-19(18)27-15(2)21(24)26/h3-10,14-15H,11-12H2,1-2H3,(H,23,25). The van der Waals surface area contributed by atoms with Crippen molar-refractivity contribution in [1.29, 1.82) is 5.26 Å². The zero-order valence-corrected chi connectivity index (χ0v) is 15.3. The Hall–Kier alpha value is -3.33. The van der Waals surface area contributed by atoms with Crippen LogP contribution in [0.25, 0.3) is 0 Å².